The van der Waals surface area contributed by atoms with Gasteiger partial charge in [-0.15, -0.1) is 0 Å². The average molecular weight is 394 g/mol. The quantitative estimate of drug-likeness (QED) is 0.325. The molecule has 1 unspecified atom stereocenters. The van der Waals surface area contributed by atoms with Gasteiger partial charge in [0, 0.05) is 24.1 Å². The Hall–Kier alpha value is -1.59. The Balaban J connectivity index is 2.39. The third kappa shape index (κ3) is 10.7. The summed E-state index contributed by atoms with van der Waals surface area (Å²) in [5, 5.41) is 23.6. The van der Waals surface area contributed by atoms with Crippen molar-refractivity contribution in [3.05, 3.63) is 29.3 Å². The molecule has 0 fully saturated rings. The fraction of sp³-hybridized carbons (Fsp3) is 0.696. The van der Waals surface area contributed by atoms with Crippen LogP contribution >= 0.6 is 0 Å². The van der Waals surface area contributed by atoms with E-state index in [0.717, 1.165) is 19.3 Å². The molecule has 0 aliphatic carbocycles. The van der Waals surface area contributed by atoms with Gasteiger partial charge in [0.1, 0.15) is 12.4 Å². The number of hydrogen-bond acceptors (Lipinski definition) is 5. The van der Waals surface area contributed by atoms with Gasteiger partial charge in [-0.25, -0.2) is 0 Å². The van der Waals surface area contributed by atoms with Crippen LogP contribution in [0.2, 0.25) is 0 Å². The van der Waals surface area contributed by atoms with Crippen molar-refractivity contribution < 1.29 is 19.7 Å². The maximum Gasteiger partial charge on any atom is 0.306 e. The standard InChI is InChI=1S/C23H39NO4/c1-5-6-7-8-9-10-11-12-22(27)28-17-19-15-18(13-14-20(19)25)21(26)16-24-23(2,3)4/h13-15,21,24-26H,5-12,16-17H2,1-4H3. The topological polar surface area (TPSA) is 78.8 Å². The fourth-order valence-corrected chi connectivity index (χ4v) is 2.91. The first-order valence-corrected chi connectivity index (χ1v) is 10.6. The second kappa shape index (κ2) is 12.8. The number of β-amino-alcohol motifs (C(OH)–C–C–N with tert-alkyl or cyclic N) is 1. The van der Waals surface area contributed by atoms with Crippen molar-refractivity contribution in [3.8, 4) is 5.75 Å². The first kappa shape index (κ1) is 24.4. The van der Waals surface area contributed by atoms with Gasteiger partial charge in [0.05, 0.1) is 6.10 Å². The number of aliphatic hydroxyl groups excluding tert-OH is 1. The third-order valence-corrected chi connectivity index (χ3v) is 4.69. The van der Waals surface area contributed by atoms with Crippen LogP contribution in [0.15, 0.2) is 18.2 Å². The SMILES string of the molecule is CCCCCCCCCC(=O)OCc1cc(C(O)CNC(C)(C)C)ccc1O. The molecule has 0 heterocycles. The molecule has 28 heavy (non-hydrogen) atoms. The second-order valence-corrected chi connectivity index (χ2v) is 8.57. The summed E-state index contributed by atoms with van der Waals surface area (Å²) in [5.74, 6) is -0.170. The van der Waals surface area contributed by atoms with Gasteiger partial charge in [0.15, 0.2) is 0 Å². The highest BCUT2D eigenvalue weighted by Gasteiger charge is 2.15. The number of phenols is 1. The highest BCUT2D eigenvalue weighted by atomic mass is 16.5. The minimum absolute atomic E-state index is 0.0222. The van der Waals surface area contributed by atoms with E-state index < -0.39 is 6.10 Å². The molecule has 1 rings (SSSR count). The van der Waals surface area contributed by atoms with Gasteiger partial charge in [0.2, 0.25) is 0 Å². The van der Waals surface area contributed by atoms with Crippen LogP contribution in [0.4, 0.5) is 0 Å². The number of unbranched alkanes of at least 4 members (excludes halogenated alkanes) is 6. The number of nitrogens with one attached hydrogen (secondary N) is 1. The lowest BCUT2D eigenvalue weighted by Crippen LogP contribution is -2.38. The Labute approximate surface area is 170 Å². The van der Waals surface area contributed by atoms with Gasteiger partial charge in [-0.1, -0.05) is 51.5 Å². The molecule has 0 saturated carbocycles. The highest BCUT2D eigenvalue weighted by Crippen LogP contribution is 2.23. The third-order valence-electron chi connectivity index (χ3n) is 4.69. The van der Waals surface area contributed by atoms with E-state index in [9.17, 15) is 15.0 Å². The number of esters is 1. The highest BCUT2D eigenvalue weighted by molar-refractivity contribution is 5.69. The van der Waals surface area contributed by atoms with Crippen molar-refractivity contribution >= 4 is 5.97 Å². The molecular weight excluding hydrogens is 354 g/mol. The van der Waals surface area contributed by atoms with E-state index in [2.05, 4.69) is 12.2 Å². The molecule has 0 bridgehead atoms. The van der Waals surface area contributed by atoms with Crippen LogP contribution in [0.25, 0.3) is 0 Å². The number of rotatable bonds is 13. The van der Waals surface area contributed by atoms with E-state index in [1.54, 1.807) is 12.1 Å². The Bertz CT molecular complexity index is 580. The van der Waals surface area contributed by atoms with Gasteiger partial charge in [-0.2, -0.15) is 0 Å². The molecule has 1 atom stereocenters. The van der Waals surface area contributed by atoms with Gasteiger partial charge < -0.3 is 20.3 Å². The predicted octanol–water partition coefficient (Wildman–Crippen LogP) is 5.00. The van der Waals surface area contributed by atoms with Crippen molar-refractivity contribution in [1.29, 1.82) is 0 Å². The van der Waals surface area contributed by atoms with E-state index in [-0.39, 0.29) is 23.9 Å². The van der Waals surface area contributed by atoms with Crippen LogP contribution in [0.3, 0.4) is 0 Å². The zero-order valence-electron chi connectivity index (χ0n) is 18.1. The number of hydrogen-bond donors (Lipinski definition) is 3. The number of carbonyl (C=O) groups is 1. The van der Waals surface area contributed by atoms with Crippen LogP contribution in [-0.4, -0.2) is 28.3 Å². The molecule has 5 heteroatoms. The van der Waals surface area contributed by atoms with Crippen LogP contribution in [0, 0.1) is 0 Å². The van der Waals surface area contributed by atoms with Crippen molar-refractivity contribution in [1.82, 2.24) is 5.32 Å². The number of aliphatic hydroxyl groups is 1. The summed E-state index contributed by atoms with van der Waals surface area (Å²) in [6.07, 6.45) is 7.80. The molecule has 0 amide bonds. The molecule has 0 aliphatic heterocycles. The van der Waals surface area contributed by atoms with Gasteiger partial charge in [-0.05, 0) is 44.9 Å². The minimum atomic E-state index is -0.693. The smallest absolute Gasteiger partial charge is 0.306 e. The first-order chi connectivity index (χ1) is 13.2. The van der Waals surface area contributed by atoms with E-state index in [0.29, 0.717) is 24.1 Å². The summed E-state index contributed by atoms with van der Waals surface area (Å²) in [7, 11) is 0. The second-order valence-electron chi connectivity index (χ2n) is 8.57. The molecule has 3 N–H and O–H groups in total. The average Bonchev–Trinajstić information content (AvgIpc) is 2.64. The zero-order chi connectivity index (χ0) is 21.0. The Kier molecular flexibility index (Phi) is 11.2. The maximum absolute atomic E-state index is 11.9. The summed E-state index contributed by atoms with van der Waals surface area (Å²) in [5.41, 5.74) is 1.11. The summed E-state index contributed by atoms with van der Waals surface area (Å²) >= 11 is 0. The lowest BCUT2D eigenvalue weighted by atomic mass is 10.0. The van der Waals surface area contributed by atoms with Crippen molar-refractivity contribution in [2.45, 2.75) is 97.3 Å². The Morgan fingerprint density at radius 3 is 2.39 bits per heavy atom. The van der Waals surface area contributed by atoms with Crippen LogP contribution in [0.1, 0.15) is 96.3 Å². The van der Waals surface area contributed by atoms with Gasteiger partial charge >= 0.3 is 5.97 Å². The molecule has 0 spiro atoms. The molecule has 0 aliphatic rings. The maximum atomic E-state index is 11.9. The Morgan fingerprint density at radius 2 is 1.75 bits per heavy atom. The molecule has 160 valence electrons. The van der Waals surface area contributed by atoms with Crippen molar-refractivity contribution in [3.63, 3.8) is 0 Å². The van der Waals surface area contributed by atoms with E-state index in [1.165, 1.54) is 31.7 Å². The van der Waals surface area contributed by atoms with Crippen LogP contribution in [-0.2, 0) is 16.1 Å². The summed E-state index contributed by atoms with van der Waals surface area (Å²) in [6, 6.07) is 4.93. The van der Waals surface area contributed by atoms with E-state index in [1.807, 2.05) is 20.8 Å². The number of benzene rings is 1. The minimum Gasteiger partial charge on any atom is -0.508 e. The molecule has 1 aromatic rings. The lowest BCUT2D eigenvalue weighted by molar-refractivity contribution is -0.145. The largest absolute Gasteiger partial charge is 0.508 e. The summed E-state index contributed by atoms with van der Waals surface area (Å²) < 4.78 is 5.31. The predicted molar refractivity (Wildman–Crippen MR) is 113 cm³/mol. The van der Waals surface area contributed by atoms with Crippen molar-refractivity contribution in [2.75, 3.05) is 6.54 Å². The normalized spacial score (nSPS) is 12.8. The molecule has 1 aromatic carbocycles. The zero-order valence-corrected chi connectivity index (χ0v) is 18.1. The van der Waals surface area contributed by atoms with Gasteiger partial charge in [0.25, 0.3) is 0 Å². The Morgan fingerprint density at radius 1 is 1.11 bits per heavy atom. The molecule has 0 radical (unpaired) electrons. The summed E-state index contributed by atoms with van der Waals surface area (Å²) in [4.78, 5) is 11.9. The van der Waals surface area contributed by atoms with Crippen LogP contribution < -0.4 is 5.32 Å². The number of aromatic hydroxyl groups is 1. The van der Waals surface area contributed by atoms with Crippen LogP contribution in [0.5, 0.6) is 5.75 Å². The lowest BCUT2D eigenvalue weighted by Gasteiger charge is -2.23. The first-order valence-electron chi connectivity index (χ1n) is 10.6. The molecular formula is C23H39NO4. The van der Waals surface area contributed by atoms with E-state index >= 15 is 0 Å². The molecule has 0 aromatic heterocycles. The van der Waals surface area contributed by atoms with Crippen molar-refractivity contribution in [2.24, 2.45) is 0 Å². The summed E-state index contributed by atoms with van der Waals surface area (Å²) in [6.45, 7) is 8.74. The molecule has 5 nitrogen and oxygen atoms in total. The fourth-order valence-electron chi connectivity index (χ4n) is 2.91. The number of carbonyl (C=O) groups excluding carboxylic acids is 1. The van der Waals surface area contributed by atoms with E-state index in [4.69, 9.17) is 4.74 Å². The van der Waals surface area contributed by atoms with Gasteiger partial charge in [-0.3, -0.25) is 4.79 Å². The molecule has 0 saturated heterocycles. The number of phenolic OH excluding ortho intramolecular Hbond substituents is 1. The monoisotopic (exact) mass is 393 g/mol. The number of ether oxygens (including phenoxy) is 1.